The number of nitrogens with one attached hydrogen (secondary N) is 1. The summed E-state index contributed by atoms with van der Waals surface area (Å²) in [6.07, 6.45) is 0. The van der Waals surface area contributed by atoms with Crippen molar-refractivity contribution in [3.05, 3.63) is 26.6 Å². The molecule has 0 fully saturated rings. The third-order valence-electron chi connectivity index (χ3n) is 2.47. The number of ether oxygens (including phenoxy) is 2. The second-order valence-electron chi connectivity index (χ2n) is 3.79. The van der Waals surface area contributed by atoms with E-state index < -0.39 is 5.91 Å². The highest BCUT2D eigenvalue weighted by Gasteiger charge is 2.18. The lowest BCUT2D eigenvalue weighted by Gasteiger charge is -2.19. The first kappa shape index (κ1) is 13.4. The van der Waals surface area contributed by atoms with Gasteiger partial charge in [-0.3, -0.25) is 4.79 Å². The first-order valence-corrected chi connectivity index (χ1v) is 7.10. The van der Waals surface area contributed by atoms with Crippen LogP contribution in [0.4, 0.5) is 5.69 Å². The summed E-state index contributed by atoms with van der Waals surface area (Å²) in [5, 5.41) is 10.4. The van der Waals surface area contributed by atoms with Crippen LogP contribution in [-0.4, -0.2) is 29.3 Å². The summed E-state index contributed by atoms with van der Waals surface area (Å²) in [7, 11) is 0. The van der Waals surface area contributed by atoms with E-state index >= 15 is 0 Å². The molecule has 0 saturated heterocycles. The van der Waals surface area contributed by atoms with Crippen LogP contribution in [0.2, 0.25) is 9.49 Å². The number of rotatable bonds is 2. The Labute approximate surface area is 127 Å². The van der Waals surface area contributed by atoms with Gasteiger partial charge >= 0.3 is 0 Å². The van der Waals surface area contributed by atoms with Gasteiger partial charge in [-0.05, 0) is 11.6 Å². The van der Waals surface area contributed by atoms with Crippen LogP contribution in [0.25, 0.3) is 0 Å². The van der Waals surface area contributed by atoms with Crippen LogP contribution in [0.1, 0.15) is 9.80 Å². The van der Waals surface area contributed by atoms with Crippen molar-refractivity contribution in [2.45, 2.75) is 0 Å². The zero-order valence-electron chi connectivity index (χ0n) is 9.85. The Kier molecular flexibility index (Phi) is 3.64. The van der Waals surface area contributed by atoms with Crippen LogP contribution in [-0.2, 0) is 0 Å². The lowest BCUT2D eigenvalue weighted by atomic mass is 10.2. The Morgan fingerprint density at radius 2 is 1.90 bits per heavy atom. The summed E-state index contributed by atoms with van der Waals surface area (Å²) in [5.41, 5.74) is 0.409. The minimum absolute atomic E-state index is 0.154. The number of amides is 1. The van der Waals surface area contributed by atoms with Crippen molar-refractivity contribution in [2.24, 2.45) is 0 Å². The molecule has 2 heterocycles. The molecule has 1 amide bonds. The van der Waals surface area contributed by atoms with Crippen LogP contribution in [0.15, 0.2) is 12.1 Å². The number of halogens is 2. The SMILES string of the molecule is O=C(Nc1cc2c(cc1Cl)OCCO2)c1nnc(Cl)s1. The first-order valence-electron chi connectivity index (χ1n) is 5.53. The number of hydrogen-bond donors (Lipinski definition) is 1. The fraction of sp³-hybridized carbons (Fsp3) is 0.182. The van der Waals surface area contributed by atoms with Gasteiger partial charge in [-0.25, -0.2) is 0 Å². The minimum atomic E-state index is -0.437. The summed E-state index contributed by atoms with van der Waals surface area (Å²) in [6, 6.07) is 3.20. The summed E-state index contributed by atoms with van der Waals surface area (Å²) in [4.78, 5) is 12.0. The van der Waals surface area contributed by atoms with Crippen LogP contribution >= 0.6 is 34.5 Å². The van der Waals surface area contributed by atoms with Gasteiger partial charge in [0.1, 0.15) is 13.2 Å². The molecule has 20 heavy (non-hydrogen) atoms. The van der Waals surface area contributed by atoms with E-state index in [1.807, 2.05) is 0 Å². The largest absolute Gasteiger partial charge is 0.486 e. The van der Waals surface area contributed by atoms with Crippen molar-refractivity contribution in [2.75, 3.05) is 18.5 Å². The van der Waals surface area contributed by atoms with E-state index in [4.69, 9.17) is 32.7 Å². The number of anilines is 1. The van der Waals surface area contributed by atoms with Crippen molar-refractivity contribution in [3.8, 4) is 11.5 Å². The van der Waals surface area contributed by atoms with Gasteiger partial charge in [0.05, 0.1) is 10.7 Å². The molecule has 104 valence electrons. The molecule has 1 aliphatic rings. The Bertz CT molecular complexity index is 677. The second-order valence-corrected chi connectivity index (χ2v) is 5.76. The smallest absolute Gasteiger partial charge is 0.286 e. The van der Waals surface area contributed by atoms with E-state index in [9.17, 15) is 4.79 Å². The van der Waals surface area contributed by atoms with Crippen LogP contribution in [0.3, 0.4) is 0 Å². The van der Waals surface area contributed by atoms with Crippen LogP contribution < -0.4 is 14.8 Å². The molecule has 0 aliphatic carbocycles. The average molecular weight is 332 g/mol. The van der Waals surface area contributed by atoms with E-state index in [1.54, 1.807) is 12.1 Å². The monoisotopic (exact) mass is 331 g/mol. The molecule has 1 aliphatic heterocycles. The van der Waals surface area contributed by atoms with Gasteiger partial charge in [0.2, 0.25) is 9.47 Å². The van der Waals surface area contributed by atoms with Gasteiger partial charge in [0.15, 0.2) is 11.5 Å². The van der Waals surface area contributed by atoms with E-state index in [0.29, 0.717) is 35.4 Å². The molecule has 9 heteroatoms. The molecule has 0 bridgehead atoms. The third kappa shape index (κ3) is 2.65. The van der Waals surface area contributed by atoms with Crippen molar-refractivity contribution >= 4 is 46.1 Å². The molecule has 3 rings (SSSR count). The zero-order valence-corrected chi connectivity index (χ0v) is 12.2. The number of fused-ring (bicyclic) bond motifs is 1. The second kappa shape index (κ2) is 5.43. The van der Waals surface area contributed by atoms with Gasteiger partial charge in [-0.1, -0.05) is 22.9 Å². The van der Waals surface area contributed by atoms with Crippen LogP contribution in [0.5, 0.6) is 11.5 Å². The van der Waals surface area contributed by atoms with Crippen LogP contribution in [0, 0.1) is 0 Å². The number of hydrogen-bond acceptors (Lipinski definition) is 6. The van der Waals surface area contributed by atoms with E-state index in [-0.39, 0.29) is 9.47 Å². The quantitative estimate of drug-likeness (QED) is 0.915. The molecule has 0 radical (unpaired) electrons. The van der Waals surface area contributed by atoms with Gasteiger partial charge in [0, 0.05) is 12.1 Å². The molecule has 0 spiro atoms. The lowest BCUT2D eigenvalue weighted by Crippen LogP contribution is -2.16. The fourth-order valence-electron chi connectivity index (χ4n) is 1.63. The maximum absolute atomic E-state index is 12.0. The summed E-state index contributed by atoms with van der Waals surface area (Å²) in [6.45, 7) is 0.923. The van der Waals surface area contributed by atoms with E-state index in [0.717, 1.165) is 11.3 Å². The maximum atomic E-state index is 12.0. The normalized spacial score (nSPS) is 13.1. The number of nitrogens with zero attached hydrogens (tertiary/aromatic N) is 2. The average Bonchev–Trinajstić information content (AvgIpc) is 2.86. The molecular formula is C11H7Cl2N3O3S. The molecule has 1 aromatic heterocycles. The summed E-state index contributed by atoms with van der Waals surface area (Å²) >= 11 is 12.7. The Hall–Kier alpha value is -1.57. The molecule has 0 unspecified atom stereocenters. The molecule has 0 saturated carbocycles. The Morgan fingerprint density at radius 1 is 1.20 bits per heavy atom. The molecule has 0 atom stereocenters. The topological polar surface area (TPSA) is 73.3 Å². The summed E-state index contributed by atoms with van der Waals surface area (Å²) < 4.78 is 11.0. The maximum Gasteiger partial charge on any atom is 0.286 e. The highest BCUT2D eigenvalue weighted by atomic mass is 35.5. The zero-order chi connectivity index (χ0) is 14.1. The number of carbonyl (C=O) groups excluding carboxylic acids is 1. The van der Waals surface area contributed by atoms with Gasteiger partial charge < -0.3 is 14.8 Å². The van der Waals surface area contributed by atoms with Crippen molar-refractivity contribution in [3.63, 3.8) is 0 Å². The first-order chi connectivity index (χ1) is 9.63. The number of benzene rings is 1. The molecule has 6 nitrogen and oxygen atoms in total. The van der Waals surface area contributed by atoms with E-state index in [1.165, 1.54) is 0 Å². The van der Waals surface area contributed by atoms with Gasteiger partial charge in [0.25, 0.3) is 5.91 Å². The number of aromatic nitrogens is 2. The third-order valence-corrected chi connectivity index (χ3v) is 3.80. The van der Waals surface area contributed by atoms with Gasteiger partial charge in [-0.15, -0.1) is 10.2 Å². The van der Waals surface area contributed by atoms with Crippen molar-refractivity contribution in [1.29, 1.82) is 0 Å². The fourth-order valence-corrected chi connectivity index (χ4v) is 2.56. The molecule has 2 aromatic rings. The summed E-state index contributed by atoms with van der Waals surface area (Å²) in [5.74, 6) is 0.650. The Morgan fingerprint density at radius 3 is 2.55 bits per heavy atom. The van der Waals surface area contributed by atoms with Crippen molar-refractivity contribution in [1.82, 2.24) is 10.2 Å². The molecule has 1 aromatic carbocycles. The molecule has 1 N–H and O–H groups in total. The Balaban J connectivity index is 1.85. The number of carbonyl (C=O) groups is 1. The highest BCUT2D eigenvalue weighted by Crippen LogP contribution is 2.38. The predicted molar refractivity (Wildman–Crippen MR) is 75.3 cm³/mol. The minimum Gasteiger partial charge on any atom is -0.486 e. The predicted octanol–water partition coefficient (Wildman–Crippen LogP) is 2.87. The standard InChI is InChI=1S/C11H7Cl2N3O3S/c12-5-3-7-8(19-2-1-18-7)4-6(5)14-9(17)10-15-16-11(13)20-10/h3-4H,1-2H2,(H,14,17). The lowest BCUT2D eigenvalue weighted by molar-refractivity contribution is 0.102. The highest BCUT2D eigenvalue weighted by molar-refractivity contribution is 7.17. The van der Waals surface area contributed by atoms with E-state index in [2.05, 4.69) is 15.5 Å². The van der Waals surface area contributed by atoms with Gasteiger partial charge in [-0.2, -0.15) is 0 Å². The molecular weight excluding hydrogens is 325 g/mol. The van der Waals surface area contributed by atoms with Crippen molar-refractivity contribution < 1.29 is 14.3 Å².